The van der Waals surface area contributed by atoms with Crippen LogP contribution in [0, 0.1) is 29.1 Å². The van der Waals surface area contributed by atoms with E-state index in [-0.39, 0.29) is 23.7 Å². The van der Waals surface area contributed by atoms with Crippen LogP contribution in [0.25, 0.3) is 0 Å². The summed E-state index contributed by atoms with van der Waals surface area (Å²) < 4.78 is 4.96. The lowest BCUT2D eigenvalue weighted by Gasteiger charge is -2.19. The van der Waals surface area contributed by atoms with Crippen molar-refractivity contribution in [3.05, 3.63) is 0 Å². The Kier molecular flexibility index (Phi) is 3.94. The Labute approximate surface area is 85.1 Å². The molecule has 0 radical (unpaired) electrons. The number of hydrogen-bond acceptors (Lipinski definition) is 3. The second-order valence-electron chi connectivity index (χ2n) is 3.87. The highest BCUT2D eigenvalue weighted by molar-refractivity contribution is 5.72. The number of carbonyl (C=O) groups excluding carboxylic acids is 1. The Hall–Kier alpha value is -1.04. The van der Waals surface area contributed by atoms with E-state index in [4.69, 9.17) is 10.00 Å². The van der Waals surface area contributed by atoms with Gasteiger partial charge in [0.05, 0.1) is 18.6 Å². The van der Waals surface area contributed by atoms with Crippen LogP contribution in [0.4, 0.5) is 0 Å². The zero-order chi connectivity index (χ0) is 10.6. The topological polar surface area (TPSA) is 50.1 Å². The zero-order valence-electron chi connectivity index (χ0n) is 8.82. The van der Waals surface area contributed by atoms with Gasteiger partial charge >= 0.3 is 5.97 Å². The van der Waals surface area contributed by atoms with Crippen molar-refractivity contribution in [1.29, 1.82) is 5.26 Å². The van der Waals surface area contributed by atoms with Gasteiger partial charge in [0, 0.05) is 5.92 Å². The van der Waals surface area contributed by atoms with E-state index in [1.807, 2.05) is 6.92 Å². The molecule has 0 spiro atoms. The minimum absolute atomic E-state index is 0.0504. The first-order valence-corrected chi connectivity index (χ1v) is 5.27. The van der Waals surface area contributed by atoms with Gasteiger partial charge in [0.2, 0.25) is 0 Å². The fourth-order valence-electron chi connectivity index (χ4n) is 2.20. The molecule has 0 N–H and O–H groups in total. The summed E-state index contributed by atoms with van der Waals surface area (Å²) in [6.07, 6.45) is 2.98. The van der Waals surface area contributed by atoms with Gasteiger partial charge in [0.15, 0.2) is 0 Å². The molecule has 0 heterocycles. The van der Waals surface area contributed by atoms with Gasteiger partial charge in [-0.15, -0.1) is 0 Å². The molecule has 1 aliphatic carbocycles. The average Bonchev–Trinajstić information content (AvgIpc) is 2.64. The fourth-order valence-corrected chi connectivity index (χ4v) is 2.20. The first-order chi connectivity index (χ1) is 6.70. The lowest BCUT2D eigenvalue weighted by Crippen LogP contribution is -2.25. The molecule has 1 fully saturated rings. The van der Waals surface area contributed by atoms with Gasteiger partial charge < -0.3 is 4.74 Å². The lowest BCUT2D eigenvalue weighted by atomic mass is 9.86. The molecule has 0 aromatic heterocycles. The zero-order valence-corrected chi connectivity index (χ0v) is 8.82. The molecule has 14 heavy (non-hydrogen) atoms. The predicted molar refractivity (Wildman–Crippen MR) is 52.2 cm³/mol. The molecule has 0 saturated heterocycles. The van der Waals surface area contributed by atoms with E-state index in [0.29, 0.717) is 6.61 Å². The summed E-state index contributed by atoms with van der Waals surface area (Å²) in [5, 5.41) is 8.89. The highest BCUT2D eigenvalue weighted by Crippen LogP contribution is 2.36. The summed E-state index contributed by atoms with van der Waals surface area (Å²) in [5.41, 5.74) is 0. The number of esters is 1. The lowest BCUT2D eigenvalue weighted by molar-refractivity contribution is -0.149. The highest BCUT2D eigenvalue weighted by Gasteiger charge is 2.35. The van der Waals surface area contributed by atoms with Crippen LogP contribution in [0.5, 0.6) is 0 Å². The first kappa shape index (κ1) is 11.0. The predicted octanol–water partition coefficient (Wildman–Crippen LogP) is 2.13. The van der Waals surface area contributed by atoms with Crippen molar-refractivity contribution in [2.24, 2.45) is 17.8 Å². The molecule has 1 unspecified atom stereocenters. The maximum absolute atomic E-state index is 11.5. The Morgan fingerprint density at radius 2 is 2.36 bits per heavy atom. The molecule has 3 heteroatoms. The van der Waals surface area contributed by atoms with Crippen LogP contribution in [-0.2, 0) is 9.53 Å². The van der Waals surface area contributed by atoms with E-state index < -0.39 is 0 Å². The van der Waals surface area contributed by atoms with Gasteiger partial charge in [-0.1, -0.05) is 13.3 Å². The summed E-state index contributed by atoms with van der Waals surface area (Å²) in [4.78, 5) is 11.5. The van der Waals surface area contributed by atoms with Crippen molar-refractivity contribution >= 4 is 5.97 Å². The molecular weight excluding hydrogens is 178 g/mol. The van der Waals surface area contributed by atoms with E-state index in [2.05, 4.69) is 6.07 Å². The van der Waals surface area contributed by atoms with Gasteiger partial charge in [-0.2, -0.15) is 5.26 Å². The SMILES string of the molecule is CCOC(=O)[C@@H](C)[C@@H]1CCCC1C#N. The minimum atomic E-state index is -0.153. The first-order valence-electron chi connectivity index (χ1n) is 5.27. The van der Waals surface area contributed by atoms with Gasteiger partial charge in [-0.05, 0) is 25.7 Å². The van der Waals surface area contributed by atoms with Crippen molar-refractivity contribution in [2.75, 3.05) is 6.61 Å². The Bertz CT molecular complexity index is 244. The largest absolute Gasteiger partial charge is 0.466 e. The van der Waals surface area contributed by atoms with Crippen LogP contribution < -0.4 is 0 Å². The van der Waals surface area contributed by atoms with E-state index in [1.54, 1.807) is 6.92 Å². The van der Waals surface area contributed by atoms with Gasteiger partial charge in [0.25, 0.3) is 0 Å². The molecule has 0 amide bonds. The third-order valence-electron chi connectivity index (χ3n) is 3.04. The number of ether oxygens (including phenoxy) is 1. The molecule has 78 valence electrons. The Balaban J connectivity index is 2.55. The molecule has 1 aliphatic rings. The molecule has 3 atom stereocenters. The van der Waals surface area contributed by atoms with Gasteiger partial charge in [-0.25, -0.2) is 0 Å². The van der Waals surface area contributed by atoms with E-state index in [0.717, 1.165) is 19.3 Å². The summed E-state index contributed by atoms with van der Waals surface area (Å²) in [5.74, 6) is -0.0183. The quantitative estimate of drug-likeness (QED) is 0.648. The Morgan fingerprint density at radius 3 is 2.93 bits per heavy atom. The minimum Gasteiger partial charge on any atom is -0.466 e. The molecule has 0 bridgehead atoms. The molecule has 0 aromatic rings. The maximum Gasteiger partial charge on any atom is 0.308 e. The Morgan fingerprint density at radius 1 is 1.64 bits per heavy atom. The van der Waals surface area contributed by atoms with E-state index >= 15 is 0 Å². The van der Waals surface area contributed by atoms with E-state index in [9.17, 15) is 4.79 Å². The third kappa shape index (κ3) is 2.25. The smallest absolute Gasteiger partial charge is 0.308 e. The summed E-state index contributed by atoms with van der Waals surface area (Å²) >= 11 is 0. The second kappa shape index (κ2) is 4.99. The van der Waals surface area contributed by atoms with Crippen LogP contribution in [-0.4, -0.2) is 12.6 Å². The molecule has 0 aromatic carbocycles. The van der Waals surface area contributed by atoms with Crippen LogP contribution >= 0.6 is 0 Å². The van der Waals surface area contributed by atoms with Crippen LogP contribution in [0.15, 0.2) is 0 Å². The molecule has 1 rings (SSSR count). The number of rotatable bonds is 3. The maximum atomic E-state index is 11.5. The van der Waals surface area contributed by atoms with Crippen molar-refractivity contribution in [3.63, 3.8) is 0 Å². The second-order valence-corrected chi connectivity index (χ2v) is 3.87. The van der Waals surface area contributed by atoms with Crippen LogP contribution in [0.3, 0.4) is 0 Å². The summed E-state index contributed by atoms with van der Waals surface area (Å²) in [6, 6.07) is 2.28. The van der Waals surface area contributed by atoms with Crippen molar-refractivity contribution in [1.82, 2.24) is 0 Å². The summed E-state index contributed by atoms with van der Waals surface area (Å²) in [6.45, 7) is 4.10. The van der Waals surface area contributed by atoms with Gasteiger partial charge in [-0.3, -0.25) is 4.79 Å². The van der Waals surface area contributed by atoms with Crippen molar-refractivity contribution in [2.45, 2.75) is 33.1 Å². The molecule has 0 aliphatic heterocycles. The van der Waals surface area contributed by atoms with Crippen molar-refractivity contribution in [3.8, 4) is 6.07 Å². The molecule has 3 nitrogen and oxygen atoms in total. The highest BCUT2D eigenvalue weighted by atomic mass is 16.5. The van der Waals surface area contributed by atoms with Crippen LogP contribution in [0.2, 0.25) is 0 Å². The number of nitriles is 1. The molecule has 1 saturated carbocycles. The summed E-state index contributed by atoms with van der Waals surface area (Å²) in [7, 11) is 0. The number of hydrogen-bond donors (Lipinski definition) is 0. The van der Waals surface area contributed by atoms with Gasteiger partial charge in [0.1, 0.15) is 0 Å². The fraction of sp³-hybridized carbons (Fsp3) is 0.818. The normalized spacial score (nSPS) is 28.1. The third-order valence-corrected chi connectivity index (χ3v) is 3.04. The average molecular weight is 195 g/mol. The van der Waals surface area contributed by atoms with Crippen LogP contribution in [0.1, 0.15) is 33.1 Å². The van der Waals surface area contributed by atoms with Crippen molar-refractivity contribution < 1.29 is 9.53 Å². The number of nitrogens with zero attached hydrogens (tertiary/aromatic N) is 1. The monoisotopic (exact) mass is 195 g/mol. The van der Waals surface area contributed by atoms with E-state index in [1.165, 1.54) is 0 Å². The number of carbonyl (C=O) groups is 1. The molecular formula is C11H17NO2. The standard InChI is InChI=1S/C11H17NO2/c1-3-14-11(13)8(2)10-6-4-5-9(10)7-12/h8-10H,3-6H2,1-2H3/t8-,9?,10-/m0/s1.